The van der Waals surface area contributed by atoms with Crippen LogP contribution in [0.25, 0.3) is 0 Å². The van der Waals surface area contributed by atoms with Gasteiger partial charge in [-0.15, -0.1) is 0 Å². The summed E-state index contributed by atoms with van der Waals surface area (Å²) < 4.78 is 26.4. The Balaban J connectivity index is 2.82. The second kappa shape index (κ2) is 5.32. The molecule has 0 bridgehead atoms. The fourth-order valence-electron chi connectivity index (χ4n) is 1.47. The fraction of sp³-hybridized carbons (Fsp3) is 0.455. The van der Waals surface area contributed by atoms with Gasteiger partial charge in [0.15, 0.2) is 0 Å². The molecule has 0 amide bonds. The van der Waals surface area contributed by atoms with E-state index in [2.05, 4.69) is 4.72 Å². The van der Waals surface area contributed by atoms with Crippen LogP contribution in [0.3, 0.4) is 0 Å². The second-order valence-corrected chi connectivity index (χ2v) is 5.59. The molecule has 0 aliphatic carbocycles. The number of hydrogen-bond donors (Lipinski definition) is 2. The molecule has 1 aromatic rings. The van der Waals surface area contributed by atoms with Gasteiger partial charge in [0.2, 0.25) is 10.0 Å². The molecule has 0 fully saturated rings. The summed E-state index contributed by atoms with van der Waals surface area (Å²) in [5.41, 5.74) is 6.06. The Hall–Kier alpha value is -1.07. The molecule has 0 aromatic heterocycles. The van der Waals surface area contributed by atoms with E-state index >= 15 is 0 Å². The minimum absolute atomic E-state index is 0.0486. The number of rotatable bonds is 5. The highest BCUT2D eigenvalue weighted by Crippen LogP contribution is 2.12. The van der Waals surface area contributed by atoms with E-state index in [1.54, 1.807) is 12.1 Å². The van der Waals surface area contributed by atoms with Gasteiger partial charge in [0.25, 0.3) is 0 Å². The van der Waals surface area contributed by atoms with Crippen molar-refractivity contribution in [3.63, 3.8) is 0 Å². The molecule has 0 aliphatic heterocycles. The van der Waals surface area contributed by atoms with Crippen molar-refractivity contribution < 1.29 is 8.42 Å². The van der Waals surface area contributed by atoms with E-state index in [-0.39, 0.29) is 10.9 Å². The molecule has 1 unspecified atom stereocenters. The first-order chi connectivity index (χ1) is 7.45. The van der Waals surface area contributed by atoms with Crippen LogP contribution in [-0.2, 0) is 10.0 Å². The molecule has 0 heterocycles. The summed E-state index contributed by atoms with van der Waals surface area (Å²) in [6, 6.07) is 6.14. The highest BCUT2D eigenvalue weighted by atomic mass is 32.2. The highest BCUT2D eigenvalue weighted by Gasteiger charge is 2.16. The van der Waals surface area contributed by atoms with Gasteiger partial charge in [0.05, 0.1) is 4.90 Å². The van der Waals surface area contributed by atoms with Crippen molar-refractivity contribution >= 4 is 15.7 Å². The summed E-state index contributed by atoms with van der Waals surface area (Å²) in [6.07, 6.45) is 1.78. The minimum atomic E-state index is -3.40. The van der Waals surface area contributed by atoms with Crippen LogP contribution in [0.5, 0.6) is 0 Å². The van der Waals surface area contributed by atoms with Crippen LogP contribution in [0.15, 0.2) is 29.2 Å². The molecule has 1 rings (SSSR count). The first-order valence-corrected chi connectivity index (χ1v) is 6.82. The molecule has 1 aromatic carbocycles. The van der Waals surface area contributed by atoms with Gasteiger partial charge >= 0.3 is 0 Å². The quantitative estimate of drug-likeness (QED) is 0.772. The van der Waals surface area contributed by atoms with E-state index in [4.69, 9.17) is 5.73 Å². The summed E-state index contributed by atoms with van der Waals surface area (Å²) in [5, 5.41) is 0. The topological polar surface area (TPSA) is 72.2 Å². The lowest BCUT2D eigenvalue weighted by atomic mass is 10.2. The monoisotopic (exact) mass is 242 g/mol. The van der Waals surface area contributed by atoms with Crippen molar-refractivity contribution in [1.29, 1.82) is 0 Å². The van der Waals surface area contributed by atoms with Crippen LogP contribution in [0.1, 0.15) is 26.7 Å². The molecule has 1 atom stereocenters. The van der Waals surface area contributed by atoms with Gasteiger partial charge in [0.1, 0.15) is 0 Å². The molecule has 0 radical (unpaired) electrons. The molecule has 90 valence electrons. The van der Waals surface area contributed by atoms with Gasteiger partial charge < -0.3 is 5.73 Å². The predicted molar refractivity (Wildman–Crippen MR) is 65.5 cm³/mol. The van der Waals surface area contributed by atoms with E-state index in [9.17, 15) is 8.42 Å². The summed E-state index contributed by atoms with van der Waals surface area (Å²) >= 11 is 0. The van der Waals surface area contributed by atoms with E-state index in [1.807, 2.05) is 13.8 Å². The third-order valence-electron chi connectivity index (χ3n) is 2.27. The van der Waals surface area contributed by atoms with Crippen molar-refractivity contribution in [1.82, 2.24) is 4.72 Å². The molecule has 5 heteroatoms. The van der Waals surface area contributed by atoms with Gasteiger partial charge in [-0.3, -0.25) is 0 Å². The third kappa shape index (κ3) is 3.50. The molecule has 4 nitrogen and oxygen atoms in total. The third-order valence-corrected chi connectivity index (χ3v) is 3.87. The van der Waals surface area contributed by atoms with Gasteiger partial charge in [-0.05, 0) is 37.6 Å². The van der Waals surface area contributed by atoms with E-state index < -0.39 is 10.0 Å². The second-order valence-electron chi connectivity index (χ2n) is 3.88. The average molecular weight is 242 g/mol. The van der Waals surface area contributed by atoms with E-state index in [0.29, 0.717) is 5.69 Å². The maximum atomic E-state index is 11.9. The first kappa shape index (κ1) is 13.0. The molecular weight excluding hydrogens is 224 g/mol. The van der Waals surface area contributed by atoms with Crippen LogP contribution < -0.4 is 10.5 Å². The van der Waals surface area contributed by atoms with Crippen molar-refractivity contribution in [2.45, 2.75) is 37.6 Å². The van der Waals surface area contributed by atoms with Gasteiger partial charge in [-0.1, -0.05) is 13.3 Å². The number of anilines is 1. The lowest BCUT2D eigenvalue weighted by Gasteiger charge is -2.13. The van der Waals surface area contributed by atoms with E-state index in [0.717, 1.165) is 12.8 Å². The first-order valence-electron chi connectivity index (χ1n) is 5.33. The number of benzene rings is 1. The van der Waals surface area contributed by atoms with E-state index in [1.165, 1.54) is 12.1 Å². The Bertz CT molecular complexity index is 426. The van der Waals surface area contributed by atoms with Gasteiger partial charge in [0, 0.05) is 11.7 Å². The maximum Gasteiger partial charge on any atom is 0.240 e. The van der Waals surface area contributed by atoms with Crippen LogP contribution in [0.2, 0.25) is 0 Å². The Labute approximate surface area is 96.9 Å². The zero-order valence-corrected chi connectivity index (χ0v) is 10.4. The molecule has 3 N–H and O–H groups in total. The maximum absolute atomic E-state index is 11.9. The molecule has 0 aliphatic rings. The fourth-order valence-corrected chi connectivity index (χ4v) is 2.75. The normalized spacial score (nSPS) is 13.6. The lowest BCUT2D eigenvalue weighted by Crippen LogP contribution is -2.32. The SMILES string of the molecule is CCCC(C)NS(=O)(=O)c1ccc(N)cc1. The minimum Gasteiger partial charge on any atom is -0.399 e. The molecular formula is C11H18N2O2S. The molecule has 16 heavy (non-hydrogen) atoms. The zero-order chi connectivity index (χ0) is 12.2. The number of nitrogens with two attached hydrogens (primary N) is 1. The number of nitrogen functional groups attached to an aromatic ring is 1. The Morgan fingerprint density at radius 2 is 1.88 bits per heavy atom. The van der Waals surface area contributed by atoms with Crippen LogP contribution in [0, 0.1) is 0 Å². The van der Waals surface area contributed by atoms with Crippen LogP contribution >= 0.6 is 0 Å². The number of nitrogens with one attached hydrogen (secondary N) is 1. The zero-order valence-electron chi connectivity index (χ0n) is 9.60. The van der Waals surface area contributed by atoms with Gasteiger partial charge in [-0.25, -0.2) is 13.1 Å². The van der Waals surface area contributed by atoms with Crippen molar-refractivity contribution in [3.05, 3.63) is 24.3 Å². The Morgan fingerprint density at radius 3 is 2.38 bits per heavy atom. The average Bonchev–Trinajstić information content (AvgIpc) is 2.17. The molecule has 0 spiro atoms. The number of sulfonamides is 1. The summed E-state index contributed by atoms with van der Waals surface area (Å²) in [6.45, 7) is 3.88. The van der Waals surface area contributed by atoms with Crippen LogP contribution in [0.4, 0.5) is 5.69 Å². The van der Waals surface area contributed by atoms with Gasteiger partial charge in [-0.2, -0.15) is 0 Å². The summed E-state index contributed by atoms with van der Waals surface area (Å²) in [4.78, 5) is 0.254. The Morgan fingerprint density at radius 1 is 1.31 bits per heavy atom. The largest absolute Gasteiger partial charge is 0.399 e. The van der Waals surface area contributed by atoms with Crippen LogP contribution in [-0.4, -0.2) is 14.5 Å². The summed E-state index contributed by atoms with van der Waals surface area (Å²) in [7, 11) is -3.40. The molecule has 0 saturated heterocycles. The lowest BCUT2D eigenvalue weighted by molar-refractivity contribution is 0.544. The Kier molecular flexibility index (Phi) is 4.32. The summed E-state index contributed by atoms with van der Waals surface area (Å²) in [5.74, 6) is 0. The van der Waals surface area contributed by atoms with Crippen molar-refractivity contribution in [3.8, 4) is 0 Å². The number of hydrogen-bond acceptors (Lipinski definition) is 3. The standard InChI is InChI=1S/C11H18N2O2S/c1-3-4-9(2)13-16(14,15)11-7-5-10(12)6-8-11/h5-9,13H,3-4,12H2,1-2H3. The predicted octanol–water partition coefficient (Wildman–Crippen LogP) is 1.74. The molecule has 0 saturated carbocycles. The van der Waals surface area contributed by atoms with Crippen molar-refractivity contribution in [2.75, 3.05) is 5.73 Å². The smallest absolute Gasteiger partial charge is 0.240 e. The highest BCUT2D eigenvalue weighted by molar-refractivity contribution is 7.89. The van der Waals surface area contributed by atoms with Crippen molar-refractivity contribution in [2.24, 2.45) is 0 Å².